The van der Waals surface area contributed by atoms with Gasteiger partial charge in [0.2, 0.25) is 0 Å². The Kier molecular flexibility index (Phi) is 5.71. The molecule has 1 atom stereocenters. The lowest BCUT2D eigenvalue weighted by molar-refractivity contribution is -0.384. The molecule has 2 aromatic rings. The molecule has 0 fully saturated rings. The van der Waals surface area contributed by atoms with E-state index in [4.69, 9.17) is 4.74 Å². The number of non-ortho nitro benzene ring substituents is 1. The van der Waals surface area contributed by atoms with Gasteiger partial charge in [0.25, 0.3) is 5.69 Å². The summed E-state index contributed by atoms with van der Waals surface area (Å²) in [5, 5.41) is 18.2. The van der Waals surface area contributed by atoms with E-state index in [1.807, 2.05) is 0 Å². The van der Waals surface area contributed by atoms with Crippen LogP contribution < -0.4 is 10.1 Å². The van der Waals surface area contributed by atoms with Crippen molar-refractivity contribution in [2.24, 2.45) is 0 Å². The molecule has 0 aliphatic heterocycles. The lowest BCUT2D eigenvalue weighted by atomic mass is 10.1. The predicted molar refractivity (Wildman–Crippen MR) is 84.1 cm³/mol. The number of nitro groups is 1. The minimum absolute atomic E-state index is 0.0739. The van der Waals surface area contributed by atoms with E-state index >= 15 is 0 Å². The van der Waals surface area contributed by atoms with Crippen LogP contribution in [0.5, 0.6) is 5.75 Å². The summed E-state index contributed by atoms with van der Waals surface area (Å²) >= 11 is 1.71. The predicted octanol–water partition coefficient (Wildman–Crippen LogP) is 3.26. The molecule has 0 saturated heterocycles. The van der Waals surface area contributed by atoms with Crippen molar-refractivity contribution in [1.29, 1.82) is 0 Å². The van der Waals surface area contributed by atoms with Crippen molar-refractivity contribution >= 4 is 17.0 Å². The van der Waals surface area contributed by atoms with Gasteiger partial charge in [-0.15, -0.1) is 0 Å². The molecule has 0 spiro atoms. The first kappa shape index (κ1) is 15.5. The molecule has 6 heteroatoms. The van der Waals surface area contributed by atoms with Crippen molar-refractivity contribution in [2.45, 2.75) is 19.4 Å². The number of nitrogens with one attached hydrogen (secondary N) is 1. The maximum absolute atomic E-state index is 10.5. The molecule has 112 valence electrons. The molecular formula is C15H18N2O3S. The van der Waals surface area contributed by atoms with E-state index in [2.05, 4.69) is 29.1 Å². The lowest BCUT2D eigenvalue weighted by Gasteiger charge is -2.13. The smallest absolute Gasteiger partial charge is 0.269 e. The molecule has 1 N–H and O–H groups in total. The highest BCUT2D eigenvalue weighted by Gasteiger charge is 2.05. The highest BCUT2D eigenvalue weighted by molar-refractivity contribution is 7.07. The van der Waals surface area contributed by atoms with Crippen LogP contribution in [0.15, 0.2) is 41.1 Å². The van der Waals surface area contributed by atoms with Gasteiger partial charge in [-0.25, -0.2) is 0 Å². The van der Waals surface area contributed by atoms with E-state index in [1.165, 1.54) is 17.7 Å². The molecule has 1 aromatic carbocycles. The number of ether oxygens (including phenoxy) is 1. The van der Waals surface area contributed by atoms with E-state index in [9.17, 15) is 10.1 Å². The first-order valence-corrected chi connectivity index (χ1v) is 7.71. The largest absolute Gasteiger partial charge is 0.492 e. The van der Waals surface area contributed by atoms with Crippen LogP contribution >= 0.6 is 11.3 Å². The van der Waals surface area contributed by atoms with Crippen LogP contribution in [0.25, 0.3) is 0 Å². The molecule has 1 unspecified atom stereocenters. The van der Waals surface area contributed by atoms with Crippen molar-refractivity contribution in [1.82, 2.24) is 5.32 Å². The van der Waals surface area contributed by atoms with Gasteiger partial charge in [0.15, 0.2) is 0 Å². The minimum atomic E-state index is -0.419. The number of benzene rings is 1. The van der Waals surface area contributed by atoms with Crippen LogP contribution in [0.4, 0.5) is 5.69 Å². The number of rotatable bonds is 8. The van der Waals surface area contributed by atoms with Crippen LogP contribution in [0.3, 0.4) is 0 Å². The van der Waals surface area contributed by atoms with Crippen molar-refractivity contribution in [3.05, 3.63) is 56.8 Å². The standard InChI is InChI=1S/C15H18N2O3S/c1-12(10-13-6-9-21-11-13)16-7-8-20-15-4-2-14(3-5-15)17(18)19/h2-6,9,11-12,16H,7-8,10H2,1H3. The average molecular weight is 306 g/mol. The Morgan fingerprint density at radius 3 is 2.71 bits per heavy atom. The first-order chi connectivity index (χ1) is 10.1. The van der Waals surface area contributed by atoms with Gasteiger partial charge in [-0.3, -0.25) is 10.1 Å². The third-order valence-corrected chi connectivity index (χ3v) is 3.77. The van der Waals surface area contributed by atoms with E-state index < -0.39 is 4.92 Å². The van der Waals surface area contributed by atoms with Gasteiger partial charge < -0.3 is 10.1 Å². The zero-order valence-corrected chi connectivity index (χ0v) is 12.6. The van der Waals surface area contributed by atoms with Gasteiger partial charge in [0.05, 0.1) is 4.92 Å². The molecule has 21 heavy (non-hydrogen) atoms. The summed E-state index contributed by atoms with van der Waals surface area (Å²) in [6.07, 6.45) is 1.00. The number of thiophene rings is 1. The van der Waals surface area contributed by atoms with Crippen LogP contribution in [-0.4, -0.2) is 24.1 Å². The van der Waals surface area contributed by atoms with Crippen LogP contribution in [0.2, 0.25) is 0 Å². The van der Waals surface area contributed by atoms with Crippen molar-refractivity contribution < 1.29 is 9.66 Å². The third kappa shape index (κ3) is 5.17. The fraction of sp³-hybridized carbons (Fsp3) is 0.333. The van der Waals surface area contributed by atoms with Gasteiger partial charge in [-0.2, -0.15) is 11.3 Å². The van der Waals surface area contributed by atoms with Crippen molar-refractivity contribution in [3.8, 4) is 5.75 Å². The molecule has 0 amide bonds. The molecule has 0 radical (unpaired) electrons. The number of nitro benzene ring substituents is 1. The Balaban J connectivity index is 1.66. The highest BCUT2D eigenvalue weighted by Crippen LogP contribution is 2.17. The molecule has 2 rings (SSSR count). The Morgan fingerprint density at radius 1 is 1.33 bits per heavy atom. The van der Waals surface area contributed by atoms with E-state index in [0.717, 1.165) is 13.0 Å². The Morgan fingerprint density at radius 2 is 2.10 bits per heavy atom. The summed E-state index contributed by atoms with van der Waals surface area (Å²) in [6.45, 7) is 3.41. The summed E-state index contributed by atoms with van der Waals surface area (Å²) in [5.41, 5.74) is 1.42. The summed E-state index contributed by atoms with van der Waals surface area (Å²) < 4.78 is 5.54. The number of nitrogens with zero attached hydrogens (tertiary/aromatic N) is 1. The van der Waals surface area contributed by atoms with E-state index in [-0.39, 0.29) is 5.69 Å². The van der Waals surface area contributed by atoms with E-state index in [1.54, 1.807) is 23.5 Å². The lowest BCUT2D eigenvalue weighted by Crippen LogP contribution is -2.31. The quantitative estimate of drug-likeness (QED) is 0.462. The maximum Gasteiger partial charge on any atom is 0.269 e. The topological polar surface area (TPSA) is 64.4 Å². The molecule has 0 aliphatic rings. The SMILES string of the molecule is CC(Cc1ccsc1)NCCOc1ccc([N+](=O)[O-])cc1. The number of hydrogen-bond acceptors (Lipinski definition) is 5. The second-order valence-corrected chi connectivity index (χ2v) is 5.57. The summed E-state index contributed by atoms with van der Waals surface area (Å²) in [5.74, 6) is 0.646. The van der Waals surface area contributed by atoms with Crippen LogP contribution in [0.1, 0.15) is 12.5 Å². The average Bonchev–Trinajstić information content (AvgIpc) is 2.97. The van der Waals surface area contributed by atoms with E-state index in [0.29, 0.717) is 18.4 Å². The van der Waals surface area contributed by atoms with Gasteiger partial charge in [-0.05, 0) is 47.9 Å². The normalized spacial score (nSPS) is 12.0. The second-order valence-electron chi connectivity index (χ2n) is 4.79. The van der Waals surface area contributed by atoms with Gasteiger partial charge >= 0.3 is 0 Å². The van der Waals surface area contributed by atoms with Crippen LogP contribution in [0, 0.1) is 10.1 Å². The zero-order valence-electron chi connectivity index (χ0n) is 11.8. The maximum atomic E-state index is 10.5. The molecule has 5 nitrogen and oxygen atoms in total. The molecule has 0 bridgehead atoms. The fourth-order valence-electron chi connectivity index (χ4n) is 1.97. The van der Waals surface area contributed by atoms with Crippen molar-refractivity contribution in [2.75, 3.05) is 13.2 Å². The minimum Gasteiger partial charge on any atom is -0.492 e. The Hall–Kier alpha value is -1.92. The molecule has 0 saturated carbocycles. The summed E-state index contributed by atoms with van der Waals surface area (Å²) in [4.78, 5) is 10.1. The van der Waals surface area contributed by atoms with Crippen molar-refractivity contribution in [3.63, 3.8) is 0 Å². The monoisotopic (exact) mass is 306 g/mol. The Labute approximate surface area is 127 Å². The second kappa shape index (κ2) is 7.75. The molecule has 1 aromatic heterocycles. The zero-order chi connectivity index (χ0) is 15.1. The molecule has 1 heterocycles. The fourth-order valence-corrected chi connectivity index (χ4v) is 2.65. The summed E-state index contributed by atoms with van der Waals surface area (Å²) in [7, 11) is 0. The van der Waals surface area contributed by atoms with Gasteiger partial charge in [0.1, 0.15) is 12.4 Å². The highest BCUT2D eigenvalue weighted by atomic mass is 32.1. The molecule has 0 aliphatic carbocycles. The first-order valence-electron chi connectivity index (χ1n) is 6.77. The van der Waals surface area contributed by atoms with Crippen LogP contribution in [-0.2, 0) is 6.42 Å². The number of hydrogen-bond donors (Lipinski definition) is 1. The van der Waals surface area contributed by atoms with Gasteiger partial charge in [0, 0.05) is 24.7 Å². The summed E-state index contributed by atoms with van der Waals surface area (Å²) in [6, 6.07) is 8.65. The molecular weight excluding hydrogens is 288 g/mol. The third-order valence-electron chi connectivity index (χ3n) is 3.03. The van der Waals surface area contributed by atoms with Gasteiger partial charge in [-0.1, -0.05) is 0 Å². The Bertz CT molecular complexity index is 555.